The molecule has 0 amide bonds. The lowest BCUT2D eigenvalue weighted by molar-refractivity contribution is 0.00578. The van der Waals surface area contributed by atoms with Crippen molar-refractivity contribution in [1.82, 2.24) is 9.97 Å². The molecule has 22 heavy (non-hydrogen) atoms. The molecule has 0 radical (unpaired) electrons. The molecule has 0 bridgehead atoms. The average molecular weight is 298 g/mol. The molecule has 1 aliphatic rings. The second-order valence-electron chi connectivity index (χ2n) is 6.28. The largest absolute Gasteiger partial charge is 0.534 e. The average Bonchev–Trinajstić information content (AvgIpc) is 2.69. The molecule has 1 fully saturated rings. The van der Waals surface area contributed by atoms with Gasteiger partial charge in [-0.1, -0.05) is 18.2 Å². The van der Waals surface area contributed by atoms with E-state index in [1.54, 1.807) is 12.4 Å². The first-order valence-electron chi connectivity index (χ1n) is 7.28. The molecular weight excluding hydrogens is 279 g/mol. The van der Waals surface area contributed by atoms with Crippen molar-refractivity contribution in [3.05, 3.63) is 42.7 Å². The maximum absolute atomic E-state index is 5.92. The van der Waals surface area contributed by atoms with Crippen LogP contribution < -0.4 is 10.5 Å². The van der Waals surface area contributed by atoms with Crippen LogP contribution in [0.1, 0.15) is 27.7 Å². The normalized spacial score (nSPS) is 19.2. The van der Waals surface area contributed by atoms with Crippen LogP contribution in [0.4, 0.5) is 0 Å². The molecule has 1 aromatic heterocycles. The maximum Gasteiger partial charge on any atom is 0.534 e. The molecule has 0 spiro atoms. The van der Waals surface area contributed by atoms with Gasteiger partial charge < -0.3 is 14.0 Å². The Morgan fingerprint density at radius 3 is 1.95 bits per heavy atom. The highest BCUT2D eigenvalue weighted by atomic mass is 16.7. The fraction of sp³-hybridized carbons (Fsp3) is 0.375. The van der Waals surface area contributed by atoms with Crippen LogP contribution in [0.3, 0.4) is 0 Å². The van der Waals surface area contributed by atoms with Crippen molar-refractivity contribution in [1.29, 1.82) is 0 Å². The maximum atomic E-state index is 5.92. The van der Waals surface area contributed by atoms with E-state index in [4.69, 9.17) is 14.0 Å². The molecular formula is C16H19BN2O3. The van der Waals surface area contributed by atoms with Crippen molar-refractivity contribution >= 4 is 12.8 Å². The van der Waals surface area contributed by atoms with Gasteiger partial charge in [0.25, 0.3) is 0 Å². The number of para-hydroxylation sites is 1. The van der Waals surface area contributed by atoms with Crippen LogP contribution in [0.15, 0.2) is 42.7 Å². The number of hydrogen-bond acceptors (Lipinski definition) is 5. The zero-order valence-corrected chi connectivity index (χ0v) is 13.2. The summed E-state index contributed by atoms with van der Waals surface area (Å²) in [6, 6.07) is 9.51. The Bertz CT molecular complexity index is 628. The minimum atomic E-state index is -0.559. The molecule has 1 saturated heterocycles. The highest BCUT2D eigenvalue weighted by Crippen LogP contribution is 2.36. The highest BCUT2D eigenvalue weighted by molar-refractivity contribution is 6.60. The van der Waals surface area contributed by atoms with Gasteiger partial charge in [0.2, 0.25) is 0 Å². The van der Waals surface area contributed by atoms with Gasteiger partial charge in [0.15, 0.2) is 11.5 Å². The van der Waals surface area contributed by atoms with E-state index in [1.807, 2.05) is 58.0 Å². The number of hydrogen-bond donors (Lipinski definition) is 0. The van der Waals surface area contributed by atoms with Gasteiger partial charge in [-0.25, -0.2) is 9.97 Å². The minimum absolute atomic E-state index is 0.403. The van der Waals surface area contributed by atoms with Gasteiger partial charge >= 0.3 is 7.12 Å². The van der Waals surface area contributed by atoms with Crippen molar-refractivity contribution in [2.45, 2.75) is 38.9 Å². The number of ether oxygens (including phenoxy) is 1. The van der Waals surface area contributed by atoms with Crippen LogP contribution in [0, 0.1) is 0 Å². The molecule has 2 heterocycles. The van der Waals surface area contributed by atoms with Crippen LogP contribution in [0.25, 0.3) is 0 Å². The fourth-order valence-electron chi connectivity index (χ4n) is 2.07. The molecule has 0 atom stereocenters. The molecule has 1 aliphatic heterocycles. The molecule has 114 valence electrons. The van der Waals surface area contributed by atoms with E-state index in [1.165, 1.54) is 0 Å². The Morgan fingerprint density at radius 1 is 0.864 bits per heavy atom. The van der Waals surface area contributed by atoms with Crippen molar-refractivity contribution in [3.63, 3.8) is 0 Å². The summed E-state index contributed by atoms with van der Waals surface area (Å²) in [6.45, 7) is 8.00. The summed E-state index contributed by atoms with van der Waals surface area (Å²) in [7, 11) is -0.559. The first-order valence-corrected chi connectivity index (χ1v) is 7.28. The van der Waals surface area contributed by atoms with Gasteiger partial charge in [0, 0.05) is 0 Å². The Labute approximate surface area is 130 Å². The number of aromatic nitrogens is 2. The number of benzene rings is 1. The first-order chi connectivity index (χ1) is 10.4. The van der Waals surface area contributed by atoms with Crippen LogP contribution in [-0.2, 0) is 9.31 Å². The van der Waals surface area contributed by atoms with Gasteiger partial charge in [-0.3, -0.25) is 0 Å². The molecule has 1 aromatic carbocycles. The third-order valence-electron chi connectivity index (χ3n) is 4.09. The number of rotatable bonds is 3. The summed E-state index contributed by atoms with van der Waals surface area (Å²) >= 11 is 0. The van der Waals surface area contributed by atoms with Crippen LogP contribution in [-0.4, -0.2) is 28.3 Å². The van der Waals surface area contributed by atoms with E-state index in [0.29, 0.717) is 11.5 Å². The first kappa shape index (κ1) is 15.0. The standard InChI is InChI=1S/C16H19BN2O3/c1-15(2)16(3,4)22-17(21-15)14-18-10-13(11-19-14)20-12-8-6-5-7-9-12/h5-11H,1-4H3. The fourth-order valence-corrected chi connectivity index (χ4v) is 2.07. The molecule has 6 heteroatoms. The third kappa shape index (κ3) is 2.84. The summed E-state index contributed by atoms with van der Waals surface area (Å²) in [6.07, 6.45) is 3.25. The Hall–Kier alpha value is -1.92. The minimum Gasteiger partial charge on any atom is -0.454 e. The molecule has 0 saturated carbocycles. The number of nitrogens with zero attached hydrogens (tertiary/aromatic N) is 2. The lowest BCUT2D eigenvalue weighted by Crippen LogP contribution is -2.41. The van der Waals surface area contributed by atoms with Crippen LogP contribution in [0.5, 0.6) is 11.5 Å². The van der Waals surface area contributed by atoms with E-state index in [0.717, 1.165) is 5.75 Å². The topological polar surface area (TPSA) is 53.5 Å². The van der Waals surface area contributed by atoms with Gasteiger partial charge in [-0.15, -0.1) is 0 Å². The quantitative estimate of drug-likeness (QED) is 0.815. The molecule has 0 unspecified atom stereocenters. The highest BCUT2D eigenvalue weighted by Gasteiger charge is 2.53. The summed E-state index contributed by atoms with van der Waals surface area (Å²) in [5.74, 6) is 1.32. The smallest absolute Gasteiger partial charge is 0.454 e. The zero-order valence-electron chi connectivity index (χ0n) is 13.2. The van der Waals surface area contributed by atoms with Crippen molar-refractivity contribution in [2.75, 3.05) is 0 Å². The molecule has 2 aromatic rings. The van der Waals surface area contributed by atoms with Crippen molar-refractivity contribution in [3.8, 4) is 11.5 Å². The molecule has 5 nitrogen and oxygen atoms in total. The Balaban J connectivity index is 1.73. The molecule has 3 rings (SSSR count). The summed E-state index contributed by atoms with van der Waals surface area (Å²) < 4.78 is 17.5. The van der Waals surface area contributed by atoms with E-state index < -0.39 is 18.3 Å². The van der Waals surface area contributed by atoms with Crippen molar-refractivity contribution < 1.29 is 14.0 Å². The van der Waals surface area contributed by atoms with Gasteiger partial charge in [-0.05, 0) is 39.8 Å². The predicted octanol–water partition coefficient (Wildman–Crippen LogP) is 2.57. The van der Waals surface area contributed by atoms with E-state index in [-0.39, 0.29) is 0 Å². The van der Waals surface area contributed by atoms with Crippen LogP contribution in [0.2, 0.25) is 0 Å². The monoisotopic (exact) mass is 298 g/mol. The SMILES string of the molecule is CC1(C)OB(c2ncc(Oc3ccccc3)cn2)OC1(C)C. The molecule has 0 N–H and O–H groups in total. The Kier molecular flexibility index (Phi) is 3.66. The third-order valence-corrected chi connectivity index (χ3v) is 4.09. The van der Waals surface area contributed by atoms with E-state index in [9.17, 15) is 0 Å². The lowest BCUT2D eigenvalue weighted by atomic mass is 9.89. The van der Waals surface area contributed by atoms with Crippen molar-refractivity contribution in [2.24, 2.45) is 0 Å². The summed E-state index contributed by atoms with van der Waals surface area (Å²) in [5, 5.41) is 0. The van der Waals surface area contributed by atoms with Gasteiger partial charge in [-0.2, -0.15) is 0 Å². The zero-order chi connectivity index (χ0) is 15.8. The lowest BCUT2D eigenvalue weighted by Gasteiger charge is -2.32. The second kappa shape index (κ2) is 5.37. The summed E-state index contributed by atoms with van der Waals surface area (Å²) in [5.41, 5.74) is -0.306. The summed E-state index contributed by atoms with van der Waals surface area (Å²) in [4.78, 5) is 8.60. The van der Waals surface area contributed by atoms with Gasteiger partial charge in [0.05, 0.1) is 23.6 Å². The Morgan fingerprint density at radius 2 is 1.41 bits per heavy atom. The van der Waals surface area contributed by atoms with Gasteiger partial charge in [0.1, 0.15) is 5.75 Å². The second-order valence-corrected chi connectivity index (χ2v) is 6.28. The van der Waals surface area contributed by atoms with E-state index >= 15 is 0 Å². The van der Waals surface area contributed by atoms with Crippen LogP contribution >= 0.6 is 0 Å². The van der Waals surface area contributed by atoms with E-state index in [2.05, 4.69) is 9.97 Å². The molecule has 0 aliphatic carbocycles. The predicted molar refractivity (Wildman–Crippen MR) is 84.3 cm³/mol.